The first-order valence-corrected chi connectivity index (χ1v) is 9.62. The van der Waals surface area contributed by atoms with E-state index in [2.05, 4.69) is 39.3 Å². The van der Waals surface area contributed by atoms with Crippen molar-refractivity contribution in [3.63, 3.8) is 0 Å². The summed E-state index contributed by atoms with van der Waals surface area (Å²) in [4.78, 5) is 9.39. The highest BCUT2D eigenvalue weighted by Crippen LogP contribution is 2.14. The van der Waals surface area contributed by atoms with E-state index >= 15 is 0 Å². The van der Waals surface area contributed by atoms with Crippen molar-refractivity contribution in [1.82, 2.24) is 20.4 Å². The summed E-state index contributed by atoms with van der Waals surface area (Å²) in [6.45, 7) is 13.2. The fourth-order valence-corrected chi connectivity index (χ4v) is 3.31. The summed E-state index contributed by atoms with van der Waals surface area (Å²) >= 11 is 6.20. The molecule has 1 heterocycles. The first-order chi connectivity index (χ1) is 12.1. The molecule has 25 heavy (non-hydrogen) atoms. The average molecular weight is 366 g/mol. The minimum absolute atomic E-state index is 0.576. The molecule has 0 spiro atoms. The smallest absolute Gasteiger partial charge is 0.191 e. The van der Waals surface area contributed by atoms with Crippen molar-refractivity contribution in [2.75, 3.05) is 52.9 Å². The average Bonchev–Trinajstić information content (AvgIpc) is 2.64. The van der Waals surface area contributed by atoms with E-state index in [0.717, 1.165) is 29.6 Å². The number of hydrogen-bond donors (Lipinski definition) is 2. The van der Waals surface area contributed by atoms with Gasteiger partial charge in [-0.25, -0.2) is 0 Å². The fourth-order valence-electron chi connectivity index (χ4n) is 3.11. The number of likely N-dealkylation sites (N-methyl/N-ethyl adjacent to an activating group) is 1. The summed E-state index contributed by atoms with van der Waals surface area (Å²) in [6.07, 6.45) is 0. The second-order valence-corrected chi connectivity index (χ2v) is 7.15. The Kier molecular flexibility index (Phi) is 8.52. The van der Waals surface area contributed by atoms with E-state index in [0.29, 0.717) is 12.5 Å². The molecule has 1 aliphatic heterocycles. The van der Waals surface area contributed by atoms with Crippen LogP contribution in [0.25, 0.3) is 0 Å². The maximum Gasteiger partial charge on any atom is 0.191 e. The van der Waals surface area contributed by atoms with Crippen LogP contribution >= 0.6 is 11.6 Å². The number of halogens is 1. The van der Waals surface area contributed by atoms with Crippen LogP contribution in [0, 0.1) is 5.92 Å². The van der Waals surface area contributed by atoms with Crippen LogP contribution in [0.15, 0.2) is 29.3 Å². The molecule has 5 nitrogen and oxygen atoms in total. The van der Waals surface area contributed by atoms with Crippen molar-refractivity contribution in [2.24, 2.45) is 10.9 Å². The van der Waals surface area contributed by atoms with Crippen LogP contribution in [0.5, 0.6) is 0 Å². The minimum atomic E-state index is 0.576. The normalized spacial score (nSPS) is 18.2. The molecule has 1 atom stereocenters. The third kappa shape index (κ3) is 6.84. The van der Waals surface area contributed by atoms with Crippen molar-refractivity contribution in [3.8, 4) is 0 Å². The predicted octanol–water partition coefficient (Wildman–Crippen LogP) is 2.28. The Morgan fingerprint density at radius 2 is 1.84 bits per heavy atom. The minimum Gasteiger partial charge on any atom is -0.356 e. The zero-order valence-corrected chi connectivity index (χ0v) is 16.5. The maximum atomic E-state index is 6.20. The van der Waals surface area contributed by atoms with E-state index in [9.17, 15) is 0 Å². The van der Waals surface area contributed by atoms with Gasteiger partial charge in [-0.2, -0.15) is 0 Å². The second-order valence-electron chi connectivity index (χ2n) is 6.74. The Hall–Kier alpha value is -1.30. The summed E-state index contributed by atoms with van der Waals surface area (Å²) in [5.41, 5.74) is 1.08. The van der Waals surface area contributed by atoms with Gasteiger partial charge in [0.25, 0.3) is 0 Å². The number of rotatable bonds is 7. The highest BCUT2D eigenvalue weighted by atomic mass is 35.5. The Bertz CT molecular complexity index is 540. The monoisotopic (exact) mass is 365 g/mol. The summed E-state index contributed by atoms with van der Waals surface area (Å²) in [7, 11) is 1.80. The van der Waals surface area contributed by atoms with Gasteiger partial charge in [-0.05, 0) is 24.1 Å². The second kappa shape index (κ2) is 10.6. The van der Waals surface area contributed by atoms with Crippen LogP contribution < -0.4 is 10.6 Å². The van der Waals surface area contributed by atoms with E-state index in [-0.39, 0.29) is 0 Å². The number of nitrogens with zero attached hydrogens (tertiary/aromatic N) is 3. The first-order valence-electron chi connectivity index (χ1n) is 9.25. The van der Waals surface area contributed by atoms with Gasteiger partial charge in [0.1, 0.15) is 0 Å². The van der Waals surface area contributed by atoms with Gasteiger partial charge >= 0.3 is 0 Å². The van der Waals surface area contributed by atoms with Crippen molar-refractivity contribution >= 4 is 17.6 Å². The molecule has 1 unspecified atom stereocenters. The summed E-state index contributed by atoms with van der Waals surface area (Å²) in [5, 5.41) is 7.54. The molecule has 0 radical (unpaired) electrons. The van der Waals surface area contributed by atoms with Crippen LogP contribution in [0.2, 0.25) is 5.02 Å². The highest BCUT2D eigenvalue weighted by Gasteiger charge is 2.17. The lowest BCUT2D eigenvalue weighted by molar-refractivity contribution is 0.124. The Labute approximate surface area is 157 Å². The first kappa shape index (κ1) is 20.0. The van der Waals surface area contributed by atoms with E-state index in [1.54, 1.807) is 7.05 Å². The molecule has 140 valence electrons. The van der Waals surface area contributed by atoms with Gasteiger partial charge in [0.2, 0.25) is 0 Å². The molecule has 2 N–H and O–H groups in total. The maximum absolute atomic E-state index is 6.20. The van der Waals surface area contributed by atoms with Gasteiger partial charge in [0.05, 0.1) is 0 Å². The lowest BCUT2D eigenvalue weighted by Gasteiger charge is -2.35. The van der Waals surface area contributed by atoms with Crippen molar-refractivity contribution in [1.29, 1.82) is 0 Å². The molecule has 1 saturated heterocycles. The van der Waals surface area contributed by atoms with Crippen molar-refractivity contribution < 1.29 is 0 Å². The van der Waals surface area contributed by atoms with E-state index in [4.69, 9.17) is 11.6 Å². The number of aliphatic imine (C=N–C) groups is 1. The lowest BCUT2D eigenvalue weighted by Crippen LogP contribution is -2.48. The van der Waals surface area contributed by atoms with Gasteiger partial charge in [-0.1, -0.05) is 43.6 Å². The number of nitrogens with one attached hydrogen (secondary N) is 2. The summed E-state index contributed by atoms with van der Waals surface area (Å²) < 4.78 is 0. The number of guanidine groups is 1. The lowest BCUT2D eigenvalue weighted by atomic mass is 10.1. The van der Waals surface area contributed by atoms with Gasteiger partial charge in [-0.3, -0.25) is 4.99 Å². The molecule has 0 aliphatic carbocycles. The van der Waals surface area contributed by atoms with E-state index < -0.39 is 0 Å². The quantitative estimate of drug-likeness (QED) is 0.574. The van der Waals surface area contributed by atoms with Crippen LogP contribution in [-0.2, 0) is 6.54 Å². The summed E-state index contributed by atoms with van der Waals surface area (Å²) in [6, 6.07) is 7.89. The van der Waals surface area contributed by atoms with Crippen LogP contribution in [-0.4, -0.2) is 68.6 Å². The molecule has 1 aromatic carbocycles. The van der Waals surface area contributed by atoms with Gasteiger partial charge in [0, 0.05) is 57.9 Å². The topological polar surface area (TPSA) is 42.9 Å². The van der Waals surface area contributed by atoms with Gasteiger partial charge < -0.3 is 20.4 Å². The summed E-state index contributed by atoms with van der Waals surface area (Å²) in [5.74, 6) is 1.40. The Morgan fingerprint density at radius 3 is 2.48 bits per heavy atom. The number of piperazine rings is 1. The van der Waals surface area contributed by atoms with Crippen LogP contribution in [0.4, 0.5) is 0 Å². The molecular weight excluding hydrogens is 334 g/mol. The van der Waals surface area contributed by atoms with E-state index in [1.165, 1.54) is 32.7 Å². The zero-order chi connectivity index (χ0) is 18.1. The van der Waals surface area contributed by atoms with Gasteiger partial charge in [0.15, 0.2) is 5.96 Å². The molecule has 1 fully saturated rings. The fraction of sp³-hybridized carbons (Fsp3) is 0.632. The molecule has 0 saturated carbocycles. The van der Waals surface area contributed by atoms with Crippen LogP contribution in [0.3, 0.4) is 0 Å². The van der Waals surface area contributed by atoms with Crippen molar-refractivity contribution in [2.45, 2.75) is 20.4 Å². The predicted molar refractivity (Wildman–Crippen MR) is 107 cm³/mol. The molecule has 1 aliphatic rings. The molecule has 2 rings (SSSR count). The highest BCUT2D eigenvalue weighted by molar-refractivity contribution is 6.31. The van der Waals surface area contributed by atoms with E-state index in [1.807, 2.05) is 24.3 Å². The Balaban J connectivity index is 1.69. The molecule has 1 aromatic rings. The largest absolute Gasteiger partial charge is 0.356 e. The third-order valence-electron chi connectivity index (χ3n) is 4.73. The molecule has 6 heteroatoms. The number of hydrogen-bond acceptors (Lipinski definition) is 3. The molecule has 0 amide bonds. The van der Waals surface area contributed by atoms with Crippen LogP contribution in [0.1, 0.15) is 19.4 Å². The molecule has 0 bridgehead atoms. The van der Waals surface area contributed by atoms with Crippen molar-refractivity contribution in [3.05, 3.63) is 34.9 Å². The Morgan fingerprint density at radius 1 is 1.16 bits per heavy atom. The standard InChI is InChI=1S/C19H32ClN5/c1-4-24-9-11-25(12-10-24)15-16(2)13-22-19(21-3)23-14-17-7-5-6-8-18(17)20/h5-8,16H,4,9-15H2,1-3H3,(H2,21,22,23). The van der Waals surface area contributed by atoms with Gasteiger partial charge in [-0.15, -0.1) is 0 Å². The third-order valence-corrected chi connectivity index (χ3v) is 5.10. The molecular formula is C19H32ClN5. The number of benzene rings is 1. The molecule has 0 aromatic heterocycles. The SMILES string of the molecule is CCN1CCN(CC(C)CNC(=NC)NCc2ccccc2Cl)CC1. The zero-order valence-electron chi connectivity index (χ0n) is 15.8.